The van der Waals surface area contributed by atoms with Crippen molar-refractivity contribution in [1.82, 2.24) is 39.3 Å². The summed E-state index contributed by atoms with van der Waals surface area (Å²) in [6.45, 7) is -1.18. The molecule has 220 valence electrons. The fourth-order valence-electron chi connectivity index (χ4n) is 5.17. The van der Waals surface area contributed by atoms with Gasteiger partial charge in [-0.05, 0) is 43.2 Å². The minimum absolute atomic E-state index is 0.0426. The van der Waals surface area contributed by atoms with Crippen LogP contribution in [0.3, 0.4) is 0 Å². The molecule has 1 aromatic carbocycles. The van der Waals surface area contributed by atoms with Crippen LogP contribution < -0.4 is 10.9 Å². The van der Waals surface area contributed by atoms with E-state index < -0.39 is 18.5 Å². The summed E-state index contributed by atoms with van der Waals surface area (Å²) in [4.78, 5) is 35.6. The molecule has 0 aliphatic carbocycles. The van der Waals surface area contributed by atoms with E-state index in [1.807, 2.05) is 0 Å². The largest absolute Gasteiger partial charge is 0.333 e. The molecule has 2 atom stereocenters. The highest BCUT2D eigenvalue weighted by molar-refractivity contribution is 6.31. The number of anilines is 1. The van der Waals surface area contributed by atoms with Gasteiger partial charge in [0, 0.05) is 34.3 Å². The standard InChI is InChI=1S/C28H23Cl2F2N9O2/c1-15-3-2-4-23(20-9-16(7-8-33-20)26-21(36-27(15)43)12-35-41(26)28(31)32)39-14-34-19(11-25(39)42)18-10-17(29)5-6-22(18)40-13-24(30)37-38-40/h5-15,23,28H,2-4H2,1H3,(H,36,43)/t15-,23-/m0/s1. The van der Waals surface area contributed by atoms with Crippen LogP contribution in [0.1, 0.15) is 44.5 Å². The zero-order valence-corrected chi connectivity index (χ0v) is 24.0. The van der Waals surface area contributed by atoms with Gasteiger partial charge >= 0.3 is 6.55 Å². The molecule has 0 radical (unpaired) electrons. The number of hydrogen-bond acceptors (Lipinski definition) is 7. The van der Waals surface area contributed by atoms with E-state index in [0.29, 0.717) is 57.2 Å². The van der Waals surface area contributed by atoms with Gasteiger partial charge in [-0.15, -0.1) is 5.10 Å². The number of halogens is 4. The number of hydrogen-bond donors (Lipinski definition) is 1. The molecule has 15 heteroatoms. The second-order valence-corrected chi connectivity index (χ2v) is 10.9. The molecule has 2 bridgehead atoms. The maximum Gasteiger partial charge on any atom is 0.333 e. The van der Waals surface area contributed by atoms with Gasteiger partial charge in [0.15, 0.2) is 5.15 Å². The quantitative estimate of drug-likeness (QED) is 0.267. The number of carbonyl (C=O) groups is 1. The lowest BCUT2D eigenvalue weighted by atomic mass is 9.97. The first-order chi connectivity index (χ1) is 20.7. The fourth-order valence-corrected chi connectivity index (χ4v) is 5.47. The third-order valence-electron chi connectivity index (χ3n) is 7.31. The molecule has 1 aliphatic heterocycles. The number of amides is 1. The molecule has 1 aliphatic rings. The van der Waals surface area contributed by atoms with E-state index in [2.05, 4.69) is 30.7 Å². The molecular formula is C28H23Cl2F2N9O2. The lowest BCUT2D eigenvalue weighted by molar-refractivity contribution is -0.119. The van der Waals surface area contributed by atoms with E-state index in [0.717, 1.165) is 0 Å². The molecule has 11 nitrogen and oxygen atoms in total. The Kier molecular flexibility index (Phi) is 7.75. The van der Waals surface area contributed by atoms with Gasteiger partial charge in [-0.25, -0.2) is 14.3 Å². The third-order valence-corrected chi connectivity index (χ3v) is 7.72. The van der Waals surface area contributed by atoms with E-state index in [4.69, 9.17) is 23.2 Å². The lowest BCUT2D eigenvalue weighted by Gasteiger charge is -2.22. The summed E-state index contributed by atoms with van der Waals surface area (Å²) in [7, 11) is 0. The first-order valence-electron chi connectivity index (χ1n) is 13.3. The first kappa shape index (κ1) is 28.6. The van der Waals surface area contributed by atoms with Crippen LogP contribution in [0.4, 0.5) is 14.5 Å². The topological polar surface area (TPSA) is 125 Å². The molecule has 6 rings (SSSR count). The second kappa shape index (κ2) is 11.7. The summed E-state index contributed by atoms with van der Waals surface area (Å²) < 4.78 is 31.3. The Hall–Kier alpha value is -4.49. The number of alkyl halides is 2. The number of nitrogens with zero attached hydrogens (tertiary/aromatic N) is 8. The van der Waals surface area contributed by atoms with Gasteiger partial charge in [0.2, 0.25) is 5.91 Å². The van der Waals surface area contributed by atoms with E-state index in [1.165, 1.54) is 40.2 Å². The van der Waals surface area contributed by atoms with Gasteiger partial charge in [0.1, 0.15) is 0 Å². The van der Waals surface area contributed by atoms with E-state index in [9.17, 15) is 18.4 Å². The zero-order chi connectivity index (χ0) is 30.2. The van der Waals surface area contributed by atoms with Gasteiger partial charge in [-0.1, -0.05) is 41.8 Å². The van der Waals surface area contributed by atoms with Crippen molar-refractivity contribution in [3.05, 3.63) is 87.5 Å². The van der Waals surface area contributed by atoms with Gasteiger partial charge in [-0.2, -0.15) is 13.9 Å². The van der Waals surface area contributed by atoms with E-state index in [1.54, 1.807) is 37.3 Å². The molecule has 0 spiro atoms. The summed E-state index contributed by atoms with van der Waals surface area (Å²) >= 11 is 12.3. The van der Waals surface area contributed by atoms with Gasteiger partial charge < -0.3 is 5.32 Å². The van der Waals surface area contributed by atoms with Crippen molar-refractivity contribution < 1.29 is 13.6 Å². The maximum absolute atomic E-state index is 13.9. The molecule has 1 amide bonds. The predicted molar refractivity (Wildman–Crippen MR) is 155 cm³/mol. The number of rotatable bonds is 4. The van der Waals surface area contributed by atoms with E-state index in [-0.39, 0.29) is 28.0 Å². The number of carbonyl (C=O) groups excluding carboxylic acids is 1. The third kappa shape index (κ3) is 5.65. The molecule has 0 unspecified atom stereocenters. The highest BCUT2D eigenvalue weighted by Gasteiger charge is 2.26. The Labute approximate surface area is 253 Å². The van der Waals surface area contributed by atoms with Crippen LogP contribution in [0, 0.1) is 5.92 Å². The Balaban J connectivity index is 1.45. The molecule has 1 N–H and O–H groups in total. The van der Waals surface area contributed by atoms with Gasteiger partial charge in [-0.3, -0.25) is 19.1 Å². The number of benzene rings is 1. The minimum atomic E-state index is -2.94. The summed E-state index contributed by atoms with van der Waals surface area (Å²) in [5.74, 6) is -0.728. The van der Waals surface area contributed by atoms with Crippen molar-refractivity contribution >= 4 is 34.8 Å². The first-order valence-corrected chi connectivity index (χ1v) is 14.0. The molecular weight excluding hydrogens is 603 g/mol. The molecule has 0 fully saturated rings. The van der Waals surface area contributed by atoms with Crippen LogP contribution in [0.5, 0.6) is 0 Å². The average molecular weight is 626 g/mol. The number of pyridine rings is 1. The highest BCUT2D eigenvalue weighted by atomic mass is 35.5. The van der Waals surface area contributed by atoms with Crippen LogP contribution in [0.15, 0.2) is 66.1 Å². The fraction of sp³-hybridized carbons (Fsp3) is 0.250. The average Bonchev–Trinajstić information content (AvgIpc) is 3.61. The minimum Gasteiger partial charge on any atom is -0.323 e. The highest BCUT2D eigenvalue weighted by Crippen LogP contribution is 2.35. The smallest absolute Gasteiger partial charge is 0.323 e. The van der Waals surface area contributed by atoms with E-state index >= 15 is 0 Å². The van der Waals surface area contributed by atoms with Crippen LogP contribution >= 0.6 is 23.2 Å². The normalized spacial score (nSPS) is 17.2. The molecule has 43 heavy (non-hydrogen) atoms. The molecule has 0 saturated carbocycles. The Morgan fingerprint density at radius 1 is 1.07 bits per heavy atom. The van der Waals surface area contributed by atoms with Crippen molar-refractivity contribution in [1.29, 1.82) is 0 Å². The second-order valence-electron chi connectivity index (χ2n) is 10.1. The van der Waals surface area contributed by atoms with Crippen molar-refractivity contribution in [3.63, 3.8) is 0 Å². The summed E-state index contributed by atoms with van der Waals surface area (Å²) in [6, 6.07) is 9.03. The van der Waals surface area contributed by atoms with Crippen LogP contribution in [-0.2, 0) is 4.79 Å². The summed E-state index contributed by atoms with van der Waals surface area (Å²) in [6.07, 6.45) is 7.14. The monoisotopic (exact) mass is 625 g/mol. The molecule has 0 saturated heterocycles. The van der Waals surface area contributed by atoms with Crippen LogP contribution in [0.25, 0.3) is 28.2 Å². The molecule has 4 aromatic heterocycles. The maximum atomic E-state index is 13.9. The van der Waals surface area contributed by atoms with Crippen LogP contribution in [0.2, 0.25) is 10.2 Å². The Bertz CT molecular complexity index is 1890. The Morgan fingerprint density at radius 3 is 2.65 bits per heavy atom. The van der Waals surface area contributed by atoms with Crippen molar-refractivity contribution in [2.75, 3.05) is 5.32 Å². The number of fused-ring (bicyclic) bond motifs is 4. The van der Waals surface area contributed by atoms with Gasteiger partial charge in [0.25, 0.3) is 5.56 Å². The van der Waals surface area contributed by atoms with Gasteiger partial charge in [0.05, 0.1) is 53.2 Å². The SMILES string of the molecule is C[C@H]1CCC[C@H](n2cnc(-c3cc(Cl)ccc3-n3cc(Cl)nn3)cc2=O)c2cc(ccn2)-c2c(cnn2C(F)F)NC1=O. The molecule has 5 aromatic rings. The summed E-state index contributed by atoms with van der Waals surface area (Å²) in [5, 5.41) is 15.0. The van der Waals surface area contributed by atoms with Crippen molar-refractivity contribution in [3.8, 4) is 28.2 Å². The summed E-state index contributed by atoms with van der Waals surface area (Å²) in [5.41, 5.74) is 2.11. The number of aromatic nitrogens is 8. The van der Waals surface area contributed by atoms with Crippen LogP contribution in [-0.4, -0.2) is 45.2 Å². The molecule has 5 heterocycles. The van der Waals surface area contributed by atoms with Crippen molar-refractivity contribution in [2.24, 2.45) is 5.92 Å². The zero-order valence-electron chi connectivity index (χ0n) is 22.5. The van der Waals surface area contributed by atoms with Crippen molar-refractivity contribution in [2.45, 2.75) is 38.8 Å². The number of nitrogens with one attached hydrogen (secondary N) is 1. The predicted octanol–water partition coefficient (Wildman–Crippen LogP) is 5.80. The lowest BCUT2D eigenvalue weighted by Crippen LogP contribution is -2.27. The Morgan fingerprint density at radius 2 is 1.91 bits per heavy atom.